The van der Waals surface area contributed by atoms with E-state index in [4.69, 9.17) is 9.84 Å². The molecule has 2 aromatic carbocycles. The minimum atomic E-state index is -0.587. The summed E-state index contributed by atoms with van der Waals surface area (Å²) in [4.78, 5) is 28.0. The second kappa shape index (κ2) is 10.1. The first-order valence-corrected chi connectivity index (χ1v) is 11.5. The number of hydrogen-bond acceptors (Lipinski definition) is 5. The van der Waals surface area contributed by atoms with Gasteiger partial charge in [-0.3, -0.25) is 4.79 Å². The van der Waals surface area contributed by atoms with Crippen LogP contribution in [0, 0.1) is 0 Å². The van der Waals surface area contributed by atoms with Crippen LogP contribution in [0.4, 0.5) is 10.5 Å². The number of ether oxygens (including phenoxy) is 1. The van der Waals surface area contributed by atoms with Crippen molar-refractivity contribution in [1.29, 1.82) is 0 Å². The van der Waals surface area contributed by atoms with Gasteiger partial charge in [-0.15, -0.1) is 4.59 Å². The van der Waals surface area contributed by atoms with Crippen molar-refractivity contribution in [3.05, 3.63) is 77.5 Å². The number of hydrogen-bond donors (Lipinski definition) is 1. The lowest BCUT2D eigenvalue weighted by Crippen LogP contribution is -2.50. The van der Waals surface area contributed by atoms with Crippen LogP contribution < -0.4 is 9.91 Å². The molecule has 0 radical (unpaired) electrons. The molecule has 2 aromatic rings. The highest BCUT2D eigenvalue weighted by atomic mass is 16.6. The molecular weight excluding hydrogens is 416 g/mol. The maximum atomic E-state index is 13.8. The predicted molar refractivity (Wildman–Crippen MR) is 129 cm³/mol. The van der Waals surface area contributed by atoms with Crippen molar-refractivity contribution in [2.75, 3.05) is 19.7 Å². The standard InChI is InChI=1S/C26H31N4O3/c1-3-33-26(32)29(22-14-16-27-17-15-22)25(31)24-18-28-30(20(24)2,23-12-8-5-9-13-23)19-21-10-6-4-7-11-21/h4-13,18,22,27H,3,14-17,19H2,1-2H3/q+1. The van der Waals surface area contributed by atoms with Crippen molar-refractivity contribution in [2.45, 2.75) is 39.3 Å². The van der Waals surface area contributed by atoms with Crippen molar-refractivity contribution in [3.8, 4) is 0 Å². The number of nitrogens with zero attached hydrogens (tertiary/aromatic N) is 3. The number of allylic oxidation sites excluding steroid dienone is 1. The summed E-state index contributed by atoms with van der Waals surface area (Å²) in [6.45, 7) is 5.99. The van der Waals surface area contributed by atoms with Crippen molar-refractivity contribution >= 4 is 23.9 Å². The normalized spacial score (nSPS) is 20.7. The third kappa shape index (κ3) is 4.60. The molecule has 1 atom stereocenters. The quantitative estimate of drug-likeness (QED) is 0.674. The zero-order chi connectivity index (χ0) is 23.3. The van der Waals surface area contributed by atoms with Crippen molar-refractivity contribution in [1.82, 2.24) is 14.8 Å². The number of piperidine rings is 1. The largest absolute Gasteiger partial charge is 0.449 e. The molecular formula is C26H31N4O3+. The van der Waals surface area contributed by atoms with Crippen LogP contribution in [-0.2, 0) is 16.1 Å². The van der Waals surface area contributed by atoms with Gasteiger partial charge in [0.2, 0.25) is 0 Å². The number of quaternary nitrogens is 1. The molecule has 172 valence electrons. The molecule has 7 nitrogen and oxygen atoms in total. The molecule has 1 N–H and O–H groups in total. The summed E-state index contributed by atoms with van der Waals surface area (Å²) >= 11 is 0. The Balaban J connectivity index is 1.75. The van der Waals surface area contributed by atoms with Gasteiger partial charge >= 0.3 is 6.09 Å². The number of para-hydroxylation sites is 1. The van der Waals surface area contributed by atoms with Gasteiger partial charge in [0.1, 0.15) is 18.3 Å². The van der Waals surface area contributed by atoms with Crippen LogP contribution in [0.5, 0.6) is 0 Å². The zero-order valence-corrected chi connectivity index (χ0v) is 19.2. The van der Waals surface area contributed by atoms with Gasteiger partial charge in [0.05, 0.1) is 6.61 Å². The lowest BCUT2D eigenvalue weighted by Gasteiger charge is -2.33. The smallest absolute Gasteiger partial charge is 0.417 e. The fourth-order valence-corrected chi connectivity index (χ4v) is 4.56. The SMILES string of the molecule is CCOC(=O)N(C(=O)C1=C(C)[N+](Cc2ccccc2)(c2ccccc2)N=C1)C1CCNCC1. The molecule has 1 saturated heterocycles. The molecule has 0 saturated carbocycles. The second-order valence-electron chi connectivity index (χ2n) is 8.35. The third-order valence-corrected chi connectivity index (χ3v) is 6.35. The number of carbonyl (C=O) groups excluding carboxylic acids is 2. The molecule has 4 rings (SSSR count). The van der Waals surface area contributed by atoms with Crippen LogP contribution in [0.25, 0.3) is 0 Å². The van der Waals surface area contributed by atoms with E-state index < -0.39 is 6.09 Å². The first-order chi connectivity index (χ1) is 16.1. The summed E-state index contributed by atoms with van der Waals surface area (Å²) in [5, 5.41) is 8.16. The Bertz CT molecular complexity index is 1050. The lowest BCUT2D eigenvalue weighted by molar-refractivity contribution is -0.127. The number of imide groups is 1. The molecule has 0 bridgehead atoms. The van der Waals surface area contributed by atoms with Gasteiger partial charge < -0.3 is 10.1 Å². The molecule has 7 heteroatoms. The highest BCUT2D eigenvalue weighted by molar-refractivity contribution is 6.17. The average Bonchev–Trinajstić information content (AvgIpc) is 3.18. The van der Waals surface area contributed by atoms with Crippen LogP contribution in [-0.4, -0.2) is 48.9 Å². The van der Waals surface area contributed by atoms with E-state index >= 15 is 0 Å². The first-order valence-electron chi connectivity index (χ1n) is 11.5. The molecule has 1 fully saturated rings. The van der Waals surface area contributed by atoms with Crippen LogP contribution in [0.15, 0.2) is 77.0 Å². The van der Waals surface area contributed by atoms with Crippen molar-refractivity contribution in [2.24, 2.45) is 5.10 Å². The third-order valence-electron chi connectivity index (χ3n) is 6.35. The molecule has 0 aliphatic carbocycles. The summed E-state index contributed by atoms with van der Waals surface area (Å²) < 4.78 is 5.44. The summed E-state index contributed by atoms with van der Waals surface area (Å²) in [5.74, 6) is -0.342. The minimum absolute atomic E-state index is 0.162. The Kier molecular flexibility index (Phi) is 7.01. The number of rotatable bonds is 6. The Hall–Kier alpha value is -3.29. The van der Waals surface area contributed by atoms with Gasteiger partial charge in [0, 0.05) is 30.7 Å². The lowest BCUT2D eigenvalue weighted by atomic mass is 10.0. The summed E-state index contributed by atoms with van der Waals surface area (Å²) in [7, 11) is 0. The average molecular weight is 448 g/mol. The van der Waals surface area contributed by atoms with Gasteiger partial charge in [-0.2, -0.15) is 0 Å². The van der Waals surface area contributed by atoms with E-state index in [9.17, 15) is 9.59 Å². The fourth-order valence-electron chi connectivity index (χ4n) is 4.56. The van der Waals surface area contributed by atoms with Crippen LogP contribution in [0.3, 0.4) is 0 Å². The zero-order valence-electron chi connectivity index (χ0n) is 19.2. The maximum absolute atomic E-state index is 13.8. The summed E-state index contributed by atoms with van der Waals surface area (Å²) in [6.07, 6.45) is 2.45. The summed E-state index contributed by atoms with van der Waals surface area (Å²) in [6, 6.07) is 19.9. The van der Waals surface area contributed by atoms with E-state index in [1.807, 2.05) is 55.5 Å². The maximum Gasteiger partial charge on any atom is 0.417 e. The van der Waals surface area contributed by atoms with Gasteiger partial charge in [0.25, 0.3) is 5.91 Å². The molecule has 1 unspecified atom stereocenters. The fraction of sp³-hybridized carbons (Fsp3) is 0.346. The van der Waals surface area contributed by atoms with Crippen LogP contribution in [0.1, 0.15) is 32.3 Å². The van der Waals surface area contributed by atoms with Gasteiger partial charge in [-0.25, -0.2) is 9.69 Å². The van der Waals surface area contributed by atoms with Gasteiger partial charge in [-0.05, 0) is 32.9 Å². The first kappa shape index (κ1) is 22.9. The highest BCUT2D eigenvalue weighted by Crippen LogP contribution is 2.37. The topological polar surface area (TPSA) is 71.0 Å². The molecule has 33 heavy (non-hydrogen) atoms. The van der Waals surface area contributed by atoms with Gasteiger partial charge in [0.15, 0.2) is 11.4 Å². The van der Waals surface area contributed by atoms with Crippen LogP contribution in [0.2, 0.25) is 0 Å². The van der Waals surface area contributed by atoms with Crippen molar-refractivity contribution < 1.29 is 14.3 Å². The Morgan fingerprint density at radius 2 is 1.70 bits per heavy atom. The van der Waals surface area contributed by atoms with E-state index in [1.165, 1.54) is 4.90 Å². The second-order valence-corrected chi connectivity index (χ2v) is 8.35. The predicted octanol–water partition coefficient (Wildman–Crippen LogP) is 4.20. The minimum Gasteiger partial charge on any atom is -0.449 e. The molecule has 2 aliphatic heterocycles. The number of carbonyl (C=O) groups is 2. The number of amides is 2. The molecule has 2 amide bonds. The molecule has 0 spiro atoms. The molecule has 2 heterocycles. The Morgan fingerprint density at radius 1 is 1.06 bits per heavy atom. The van der Waals surface area contributed by atoms with E-state index in [1.54, 1.807) is 13.1 Å². The van der Waals surface area contributed by atoms with Gasteiger partial charge in [-0.1, -0.05) is 53.6 Å². The van der Waals surface area contributed by atoms with E-state index in [0.717, 1.165) is 30.0 Å². The van der Waals surface area contributed by atoms with Crippen molar-refractivity contribution in [3.63, 3.8) is 0 Å². The monoisotopic (exact) mass is 447 g/mol. The number of benzene rings is 2. The van der Waals surface area contributed by atoms with E-state index in [0.29, 0.717) is 25.0 Å². The van der Waals surface area contributed by atoms with E-state index in [2.05, 4.69) is 17.4 Å². The van der Waals surface area contributed by atoms with Crippen LogP contribution >= 0.6 is 0 Å². The highest BCUT2D eigenvalue weighted by Gasteiger charge is 2.44. The Morgan fingerprint density at radius 3 is 2.33 bits per heavy atom. The molecule has 0 aromatic heterocycles. The number of nitrogens with one attached hydrogen (secondary N) is 1. The van der Waals surface area contributed by atoms with E-state index in [-0.39, 0.29) is 23.1 Å². The summed E-state index contributed by atoms with van der Waals surface area (Å²) in [5.41, 5.74) is 3.30. The Labute approximate surface area is 194 Å². The molecule has 2 aliphatic rings.